The Balaban J connectivity index is 1.18. The van der Waals surface area contributed by atoms with Crippen molar-refractivity contribution in [2.45, 2.75) is 12.8 Å². The molecular weight excluding hydrogens is 418 g/mol. The van der Waals surface area contributed by atoms with Gasteiger partial charge < -0.3 is 15.0 Å². The summed E-state index contributed by atoms with van der Waals surface area (Å²) in [6.45, 7) is 3.85. The number of nitrogens with zero attached hydrogens (tertiary/aromatic N) is 4. The molecule has 0 atom stereocenters. The Morgan fingerprint density at radius 3 is 2.39 bits per heavy atom. The van der Waals surface area contributed by atoms with Gasteiger partial charge in [-0.2, -0.15) is 0 Å². The van der Waals surface area contributed by atoms with Crippen molar-refractivity contribution in [3.05, 3.63) is 84.3 Å². The van der Waals surface area contributed by atoms with E-state index in [0.29, 0.717) is 24.3 Å². The number of aryl methyl sites for hydroxylation is 1. The summed E-state index contributed by atoms with van der Waals surface area (Å²) < 4.78 is 5.41. The lowest BCUT2D eigenvalue weighted by Gasteiger charge is -2.33. The first-order chi connectivity index (χ1) is 16.2. The van der Waals surface area contributed by atoms with Crippen LogP contribution in [0.15, 0.2) is 73.1 Å². The molecule has 3 heterocycles. The van der Waals surface area contributed by atoms with Gasteiger partial charge in [0.25, 0.3) is 5.91 Å². The van der Waals surface area contributed by atoms with Crippen molar-refractivity contribution in [3.8, 4) is 5.88 Å². The summed E-state index contributed by atoms with van der Waals surface area (Å²) >= 11 is 0. The fourth-order valence-corrected chi connectivity index (χ4v) is 3.65. The molecule has 0 spiro atoms. The molecule has 4 rings (SSSR count). The first-order valence-electron chi connectivity index (χ1n) is 11.1. The van der Waals surface area contributed by atoms with E-state index in [0.717, 1.165) is 38.2 Å². The predicted octanol–water partition coefficient (Wildman–Crippen LogP) is 3.48. The molecule has 0 bridgehead atoms. The zero-order valence-electron chi connectivity index (χ0n) is 18.4. The first-order valence-corrected chi connectivity index (χ1v) is 11.1. The molecule has 8 heteroatoms. The highest BCUT2D eigenvalue weighted by molar-refractivity contribution is 6.04. The lowest BCUT2D eigenvalue weighted by molar-refractivity contribution is 0.102. The second-order valence-electron chi connectivity index (χ2n) is 7.83. The molecule has 1 aliphatic rings. The fraction of sp³-hybridized carbons (Fsp3) is 0.280. The molecule has 1 fully saturated rings. The largest absolute Gasteiger partial charge is 0.416 e. The third-order valence-electron chi connectivity index (χ3n) is 5.49. The van der Waals surface area contributed by atoms with Gasteiger partial charge in [-0.05, 0) is 49.7 Å². The highest BCUT2D eigenvalue weighted by atomic mass is 16.6. The Morgan fingerprint density at radius 1 is 0.909 bits per heavy atom. The van der Waals surface area contributed by atoms with Crippen molar-refractivity contribution < 1.29 is 14.3 Å². The lowest BCUT2D eigenvalue weighted by atomic mass is 10.2. The quantitative estimate of drug-likeness (QED) is 0.599. The number of anilines is 1. The van der Waals surface area contributed by atoms with Gasteiger partial charge in [-0.1, -0.05) is 24.3 Å². The number of amides is 2. The minimum atomic E-state index is -0.406. The lowest BCUT2D eigenvalue weighted by Crippen LogP contribution is -2.49. The van der Waals surface area contributed by atoms with Gasteiger partial charge in [-0.3, -0.25) is 14.7 Å². The average Bonchev–Trinajstić information content (AvgIpc) is 2.87. The van der Waals surface area contributed by atoms with Crippen LogP contribution >= 0.6 is 0 Å². The van der Waals surface area contributed by atoms with Gasteiger partial charge >= 0.3 is 6.09 Å². The molecular formula is C25H27N5O3. The number of hydrogen-bond acceptors (Lipinski definition) is 6. The van der Waals surface area contributed by atoms with E-state index in [2.05, 4.69) is 20.2 Å². The Bertz CT molecular complexity index is 1040. The van der Waals surface area contributed by atoms with Gasteiger partial charge in [0.2, 0.25) is 5.88 Å². The Kier molecular flexibility index (Phi) is 7.60. The monoisotopic (exact) mass is 445 g/mol. The number of nitrogens with one attached hydrogen (secondary N) is 1. The Labute approximate surface area is 193 Å². The van der Waals surface area contributed by atoms with Crippen LogP contribution in [0.2, 0.25) is 0 Å². The summed E-state index contributed by atoms with van der Waals surface area (Å²) in [6, 6.07) is 18.2. The van der Waals surface area contributed by atoms with Crippen LogP contribution in [-0.2, 0) is 6.42 Å². The van der Waals surface area contributed by atoms with Gasteiger partial charge in [-0.15, -0.1) is 0 Å². The summed E-state index contributed by atoms with van der Waals surface area (Å²) in [6.07, 6.45) is 4.89. The minimum Gasteiger partial charge on any atom is -0.391 e. The topological polar surface area (TPSA) is 87.7 Å². The summed E-state index contributed by atoms with van der Waals surface area (Å²) in [5.74, 6) is -0.0180. The fourth-order valence-electron chi connectivity index (χ4n) is 3.65. The smallest absolute Gasteiger partial charge is 0.391 e. The van der Waals surface area contributed by atoms with Crippen LogP contribution in [0.1, 0.15) is 22.5 Å². The van der Waals surface area contributed by atoms with Crippen LogP contribution in [0.3, 0.4) is 0 Å². The van der Waals surface area contributed by atoms with Crippen molar-refractivity contribution in [2.75, 3.05) is 38.0 Å². The normalized spacial score (nSPS) is 14.0. The van der Waals surface area contributed by atoms with Crippen LogP contribution < -0.4 is 10.1 Å². The number of hydrogen-bond donors (Lipinski definition) is 1. The van der Waals surface area contributed by atoms with Crippen LogP contribution in [0.5, 0.6) is 5.88 Å². The molecule has 2 aromatic heterocycles. The molecule has 170 valence electrons. The van der Waals surface area contributed by atoms with Crippen molar-refractivity contribution in [1.29, 1.82) is 0 Å². The van der Waals surface area contributed by atoms with E-state index < -0.39 is 6.09 Å². The van der Waals surface area contributed by atoms with Gasteiger partial charge in [0.15, 0.2) is 0 Å². The number of ether oxygens (including phenoxy) is 1. The van der Waals surface area contributed by atoms with E-state index in [1.807, 2.05) is 30.5 Å². The molecule has 8 nitrogen and oxygen atoms in total. The van der Waals surface area contributed by atoms with E-state index in [-0.39, 0.29) is 11.8 Å². The number of piperazine rings is 1. The zero-order valence-corrected chi connectivity index (χ0v) is 18.4. The average molecular weight is 446 g/mol. The number of carbonyl (C=O) groups excluding carboxylic acids is 2. The van der Waals surface area contributed by atoms with Crippen molar-refractivity contribution >= 4 is 17.7 Å². The summed E-state index contributed by atoms with van der Waals surface area (Å²) in [4.78, 5) is 37.2. The number of benzene rings is 1. The van der Waals surface area contributed by atoms with Crippen LogP contribution in [0.25, 0.3) is 0 Å². The predicted molar refractivity (Wildman–Crippen MR) is 125 cm³/mol. The number of aromatic nitrogens is 2. The molecule has 1 saturated heterocycles. The van der Waals surface area contributed by atoms with Crippen LogP contribution in [-0.4, -0.2) is 64.5 Å². The van der Waals surface area contributed by atoms with Crippen LogP contribution in [0.4, 0.5) is 10.5 Å². The molecule has 0 radical (unpaired) electrons. The second-order valence-corrected chi connectivity index (χ2v) is 7.83. The summed E-state index contributed by atoms with van der Waals surface area (Å²) in [5.41, 5.74) is 2.20. The van der Waals surface area contributed by atoms with Crippen molar-refractivity contribution in [1.82, 2.24) is 19.8 Å². The molecule has 1 aromatic carbocycles. The molecule has 3 aromatic rings. The third-order valence-corrected chi connectivity index (χ3v) is 5.49. The number of pyridine rings is 2. The van der Waals surface area contributed by atoms with E-state index in [4.69, 9.17) is 4.74 Å². The highest BCUT2D eigenvalue weighted by Crippen LogP contribution is 2.15. The van der Waals surface area contributed by atoms with Gasteiger partial charge in [0.1, 0.15) is 0 Å². The number of carbonyl (C=O) groups is 2. The van der Waals surface area contributed by atoms with Crippen LogP contribution in [0, 0.1) is 0 Å². The first kappa shape index (κ1) is 22.4. The maximum Gasteiger partial charge on any atom is 0.416 e. The molecule has 1 aliphatic heterocycles. The van der Waals surface area contributed by atoms with E-state index >= 15 is 0 Å². The summed E-state index contributed by atoms with van der Waals surface area (Å²) in [7, 11) is 0. The van der Waals surface area contributed by atoms with Gasteiger partial charge in [-0.25, -0.2) is 9.78 Å². The molecule has 0 saturated carbocycles. The SMILES string of the molecule is O=C(Nc1ccc(OC(=O)N2CCN(CCCc3ccccn3)CC2)nc1)c1ccccc1. The molecule has 0 aliphatic carbocycles. The Morgan fingerprint density at radius 2 is 1.70 bits per heavy atom. The molecule has 33 heavy (non-hydrogen) atoms. The zero-order chi connectivity index (χ0) is 22.9. The maximum absolute atomic E-state index is 12.5. The highest BCUT2D eigenvalue weighted by Gasteiger charge is 2.22. The van der Waals surface area contributed by atoms with Crippen molar-refractivity contribution in [3.63, 3.8) is 0 Å². The van der Waals surface area contributed by atoms with E-state index in [1.54, 1.807) is 41.3 Å². The maximum atomic E-state index is 12.5. The van der Waals surface area contributed by atoms with Gasteiger partial charge in [0.05, 0.1) is 11.9 Å². The van der Waals surface area contributed by atoms with E-state index in [9.17, 15) is 9.59 Å². The molecule has 2 amide bonds. The molecule has 1 N–H and O–H groups in total. The molecule has 0 unspecified atom stereocenters. The van der Waals surface area contributed by atoms with Crippen molar-refractivity contribution in [2.24, 2.45) is 0 Å². The Hall–Kier alpha value is -3.78. The number of rotatable bonds is 7. The second kappa shape index (κ2) is 11.2. The minimum absolute atomic E-state index is 0.204. The standard InChI is InChI=1S/C25H27N5O3/c31-24(20-7-2-1-3-8-20)28-22-11-12-23(27-19-22)33-25(32)30-17-15-29(16-18-30)14-6-10-21-9-4-5-13-26-21/h1-5,7-9,11-13,19H,6,10,14-18H2,(H,28,31). The van der Waals surface area contributed by atoms with E-state index in [1.165, 1.54) is 6.20 Å². The van der Waals surface area contributed by atoms with Gasteiger partial charge in [0, 0.05) is 49.7 Å². The third kappa shape index (κ3) is 6.60. The summed E-state index contributed by atoms with van der Waals surface area (Å²) in [5, 5.41) is 2.77.